The van der Waals surface area contributed by atoms with Crippen molar-refractivity contribution in [3.05, 3.63) is 0 Å². The first-order chi connectivity index (χ1) is 4.20. The van der Waals surface area contributed by atoms with Gasteiger partial charge in [0.2, 0.25) is 5.91 Å². The van der Waals surface area contributed by atoms with Crippen molar-refractivity contribution >= 4 is 5.91 Å². The highest BCUT2D eigenvalue weighted by Crippen LogP contribution is 1.96. The topological polar surface area (TPSA) is 55.1 Å². The molecule has 0 aromatic rings. The van der Waals surface area contributed by atoms with Crippen LogP contribution < -0.4 is 11.3 Å². The maximum atomic E-state index is 10.4. The molecule has 0 aliphatic carbocycles. The van der Waals surface area contributed by atoms with Crippen LogP contribution in [0.1, 0.15) is 13.3 Å². The number of hydrogen-bond acceptors (Lipinski definition) is 2. The van der Waals surface area contributed by atoms with Crippen molar-refractivity contribution in [3.63, 3.8) is 0 Å². The van der Waals surface area contributed by atoms with Crippen LogP contribution in [0, 0.1) is 18.3 Å². The van der Waals surface area contributed by atoms with E-state index in [0.29, 0.717) is 6.42 Å². The van der Waals surface area contributed by atoms with Crippen LogP contribution in [0.25, 0.3) is 0 Å². The minimum Gasteiger partial charge on any atom is -0.294 e. The lowest BCUT2D eigenvalue weighted by atomic mass is 10.1. The number of terminal acetylenes is 1. The van der Waals surface area contributed by atoms with E-state index in [1.54, 1.807) is 6.92 Å². The Hall–Kier alpha value is -1.01. The van der Waals surface area contributed by atoms with E-state index in [-0.39, 0.29) is 11.8 Å². The first-order valence-corrected chi connectivity index (χ1v) is 2.66. The lowest BCUT2D eigenvalue weighted by Crippen LogP contribution is -2.30. The summed E-state index contributed by atoms with van der Waals surface area (Å²) in [6.07, 6.45) is 5.30. The monoisotopic (exact) mass is 126 g/mol. The maximum Gasteiger partial charge on any atom is 0.235 e. The van der Waals surface area contributed by atoms with Crippen molar-refractivity contribution in [1.82, 2.24) is 5.43 Å². The molecular weight excluding hydrogens is 116 g/mol. The Bertz CT molecular complexity index is 136. The van der Waals surface area contributed by atoms with Crippen molar-refractivity contribution in [2.45, 2.75) is 13.3 Å². The molecule has 0 saturated carbocycles. The number of nitrogens with one attached hydrogen (secondary N) is 1. The molecule has 0 aromatic heterocycles. The van der Waals surface area contributed by atoms with E-state index < -0.39 is 0 Å². The average Bonchev–Trinajstić information content (AvgIpc) is 1.87. The van der Waals surface area contributed by atoms with Gasteiger partial charge in [-0.25, -0.2) is 5.84 Å². The molecule has 0 spiro atoms. The SMILES string of the molecule is C#CC(C)CC(=O)NN. The fraction of sp³-hybridized carbons (Fsp3) is 0.500. The van der Waals surface area contributed by atoms with Gasteiger partial charge in [0.05, 0.1) is 0 Å². The predicted molar refractivity (Wildman–Crippen MR) is 34.9 cm³/mol. The Morgan fingerprint density at radius 1 is 2.00 bits per heavy atom. The molecule has 0 aliphatic rings. The van der Waals surface area contributed by atoms with Gasteiger partial charge in [0, 0.05) is 12.3 Å². The highest BCUT2D eigenvalue weighted by molar-refractivity contribution is 5.75. The van der Waals surface area contributed by atoms with Gasteiger partial charge in [-0.3, -0.25) is 10.2 Å². The largest absolute Gasteiger partial charge is 0.294 e. The quantitative estimate of drug-likeness (QED) is 0.230. The number of carbonyl (C=O) groups excluding carboxylic acids is 1. The maximum absolute atomic E-state index is 10.4. The van der Waals surface area contributed by atoms with Gasteiger partial charge in [-0.15, -0.1) is 12.3 Å². The van der Waals surface area contributed by atoms with Crippen molar-refractivity contribution in [2.24, 2.45) is 11.8 Å². The molecule has 0 saturated heterocycles. The fourth-order valence-electron chi connectivity index (χ4n) is 0.396. The summed E-state index contributed by atoms with van der Waals surface area (Å²) in [7, 11) is 0. The van der Waals surface area contributed by atoms with Crippen LogP contribution in [0.15, 0.2) is 0 Å². The molecule has 0 rings (SSSR count). The molecule has 3 nitrogen and oxygen atoms in total. The van der Waals surface area contributed by atoms with Gasteiger partial charge in [-0.2, -0.15) is 0 Å². The third kappa shape index (κ3) is 3.56. The Kier molecular flexibility index (Phi) is 3.49. The first-order valence-electron chi connectivity index (χ1n) is 2.66. The van der Waals surface area contributed by atoms with E-state index in [0.717, 1.165) is 0 Å². The van der Waals surface area contributed by atoms with E-state index in [1.165, 1.54) is 0 Å². The number of hydrazine groups is 1. The standard InChI is InChI=1S/C6H10N2O/c1-3-5(2)4-6(9)8-7/h1,5H,4,7H2,2H3,(H,8,9). The Labute approximate surface area is 54.6 Å². The Morgan fingerprint density at radius 2 is 2.56 bits per heavy atom. The normalized spacial score (nSPS) is 11.7. The number of hydrogen-bond donors (Lipinski definition) is 2. The molecule has 0 heterocycles. The summed E-state index contributed by atoms with van der Waals surface area (Å²) in [5, 5.41) is 0. The van der Waals surface area contributed by atoms with Crippen LogP contribution >= 0.6 is 0 Å². The van der Waals surface area contributed by atoms with Crippen molar-refractivity contribution in [1.29, 1.82) is 0 Å². The molecule has 1 amide bonds. The summed E-state index contributed by atoms with van der Waals surface area (Å²) < 4.78 is 0. The molecular formula is C6H10N2O. The molecule has 0 radical (unpaired) electrons. The lowest BCUT2D eigenvalue weighted by Gasteiger charge is -1.99. The second-order valence-electron chi connectivity index (χ2n) is 1.84. The number of amides is 1. The van der Waals surface area contributed by atoms with Crippen LogP contribution in [0.4, 0.5) is 0 Å². The van der Waals surface area contributed by atoms with Gasteiger partial charge in [0.15, 0.2) is 0 Å². The van der Waals surface area contributed by atoms with Gasteiger partial charge in [-0.05, 0) is 0 Å². The summed E-state index contributed by atoms with van der Waals surface area (Å²) in [6.45, 7) is 1.79. The summed E-state index contributed by atoms with van der Waals surface area (Å²) in [5.74, 6) is 6.97. The first kappa shape index (κ1) is 7.99. The van der Waals surface area contributed by atoms with Gasteiger partial charge in [0.25, 0.3) is 0 Å². The Balaban J connectivity index is 3.50. The zero-order valence-corrected chi connectivity index (χ0v) is 5.35. The molecule has 0 fully saturated rings. The molecule has 3 N–H and O–H groups in total. The minimum absolute atomic E-state index is 0.0338. The van der Waals surface area contributed by atoms with Crippen LogP contribution in [-0.2, 0) is 4.79 Å². The molecule has 3 heteroatoms. The zero-order chi connectivity index (χ0) is 7.28. The van der Waals surface area contributed by atoms with Crippen molar-refractivity contribution < 1.29 is 4.79 Å². The van der Waals surface area contributed by atoms with Gasteiger partial charge in [0.1, 0.15) is 0 Å². The van der Waals surface area contributed by atoms with E-state index in [1.807, 2.05) is 5.43 Å². The molecule has 1 atom stereocenters. The molecule has 9 heavy (non-hydrogen) atoms. The summed E-state index contributed by atoms with van der Waals surface area (Å²) in [4.78, 5) is 10.4. The second-order valence-corrected chi connectivity index (χ2v) is 1.84. The van der Waals surface area contributed by atoms with E-state index in [9.17, 15) is 4.79 Å². The highest BCUT2D eigenvalue weighted by Gasteiger charge is 2.02. The minimum atomic E-state index is -0.222. The van der Waals surface area contributed by atoms with E-state index in [4.69, 9.17) is 12.3 Å². The fourth-order valence-corrected chi connectivity index (χ4v) is 0.396. The lowest BCUT2D eigenvalue weighted by molar-refractivity contribution is -0.121. The molecule has 0 bridgehead atoms. The van der Waals surface area contributed by atoms with Crippen molar-refractivity contribution in [2.75, 3.05) is 0 Å². The molecule has 50 valence electrons. The van der Waals surface area contributed by atoms with E-state index in [2.05, 4.69) is 5.92 Å². The molecule has 0 aliphatic heterocycles. The van der Waals surface area contributed by atoms with E-state index >= 15 is 0 Å². The highest BCUT2D eigenvalue weighted by atomic mass is 16.2. The van der Waals surface area contributed by atoms with Crippen LogP contribution in [0.3, 0.4) is 0 Å². The zero-order valence-electron chi connectivity index (χ0n) is 5.35. The third-order valence-corrected chi connectivity index (χ3v) is 0.937. The van der Waals surface area contributed by atoms with Gasteiger partial charge >= 0.3 is 0 Å². The summed E-state index contributed by atoms with van der Waals surface area (Å²) in [6, 6.07) is 0. The van der Waals surface area contributed by atoms with Crippen molar-refractivity contribution in [3.8, 4) is 12.3 Å². The Morgan fingerprint density at radius 3 is 2.89 bits per heavy atom. The summed E-state index contributed by atoms with van der Waals surface area (Å²) >= 11 is 0. The number of carbonyl (C=O) groups is 1. The third-order valence-electron chi connectivity index (χ3n) is 0.937. The van der Waals surface area contributed by atoms with Gasteiger partial charge in [-0.1, -0.05) is 6.92 Å². The number of nitrogens with two attached hydrogens (primary N) is 1. The predicted octanol–water partition coefficient (Wildman–Crippen LogP) is -0.364. The second kappa shape index (κ2) is 3.93. The molecule has 1 unspecified atom stereocenters. The summed E-state index contributed by atoms with van der Waals surface area (Å²) in [5.41, 5.74) is 2.00. The van der Waals surface area contributed by atoms with Gasteiger partial charge < -0.3 is 0 Å². The number of rotatable bonds is 2. The van der Waals surface area contributed by atoms with Crippen LogP contribution in [0.2, 0.25) is 0 Å². The molecule has 0 aromatic carbocycles. The van der Waals surface area contributed by atoms with Crippen LogP contribution in [-0.4, -0.2) is 5.91 Å². The smallest absolute Gasteiger partial charge is 0.235 e. The van der Waals surface area contributed by atoms with Crippen LogP contribution in [0.5, 0.6) is 0 Å². The average molecular weight is 126 g/mol.